The van der Waals surface area contributed by atoms with Crippen LogP contribution < -0.4 is 9.64 Å². The minimum atomic E-state index is -1.03. The van der Waals surface area contributed by atoms with Gasteiger partial charge in [0, 0.05) is 13.6 Å². The maximum Gasteiger partial charge on any atom is 0.339 e. The van der Waals surface area contributed by atoms with Crippen LogP contribution >= 0.6 is 11.6 Å². The van der Waals surface area contributed by atoms with Crippen LogP contribution in [-0.4, -0.2) is 25.2 Å². The van der Waals surface area contributed by atoms with Crippen molar-refractivity contribution in [3.63, 3.8) is 0 Å². The van der Waals surface area contributed by atoms with E-state index in [1.54, 1.807) is 25.3 Å². The summed E-state index contributed by atoms with van der Waals surface area (Å²) in [7, 11) is 3.44. The third-order valence-electron chi connectivity index (χ3n) is 3.17. The lowest BCUT2D eigenvalue weighted by molar-refractivity contribution is 0.0697. The van der Waals surface area contributed by atoms with Crippen LogP contribution in [-0.2, 0) is 6.54 Å². The summed E-state index contributed by atoms with van der Waals surface area (Å²) in [5.74, 6) is -0.265. The van der Waals surface area contributed by atoms with Gasteiger partial charge in [-0.3, -0.25) is 0 Å². The number of halogens is 1. The zero-order valence-electron chi connectivity index (χ0n) is 11.8. The molecule has 0 bridgehead atoms. The number of carboxylic acid groups (broad SMARTS) is 1. The number of hydrogen-bond donors (Lipinski definition) is 1. The SMILES string of the molecule is COc1cccc(CN(C)c2cccc(Cl)c2C(=O)O)c1. The molecule has 0 aromatic heterocycles. The Hall–Kier alpha value is -2.20. The summed E-state index contributed by atoms with van der Waals surface area (Å²) in [6.45, 7) is 0.553. The minimum Gasteiger partial charge on any atom is -0.497 e. The molecular weight excluding hydrogens is 290 g/mol. The summed E-state index contributed by atoms with van der Waals surface area (Å²) in [6.07, 6.45) is 0. The number of aromatic carboxylic acids is 1. The number of anilines is 1. The normalized spacial score (nSPS) is 10.2. The topological polar surface area (TPSA) is 49.8 Å². The van der Waals surface area contributed by atoms with E-state index in [4.69, 9.17) is 16.3 Å². The quantitative estimate of drug-likeness (QED) is 0.915. The molecule has 110 valence electrons. The predicted molar refractivity (Wildman–Crippen MR) is 83.5 cm³/mol. The number of carbonyl (C=O) groups is 1. The third-order valence-corrected chi connectivity index (χ3v) is 3.49. The smallest absolute Gasteiger partial charge is 0.339 e. The van der Waals surface area contributed by atoms with Gasteiger partial charge >= 0.3 is 5.97 Å². The molecule has 0 atom stereocenters. The van der Waals surface area contributed by atoms with Crippen LogP contribution in [0, 0.1) is 0 Å². The molecule has 0 saturated heterocycles. The second-order valence-corrected chi connectivity index (χ2v) is 5.05. The number of nitrogens with zero attached hydrogens (tertiary/aromatic N) is 1. The van der Waals surface area contributed by atoms with Gasteiger partial charge in [0.05, 0.1) is 17.8 Å². The molecule has 0 heterocycles. The number of methoxy groups -OCH3 is 1. The van der Waals surface area contributed by atoms with E-state index in [9.17, 15) is 9.90 Å². The van der Waals surface area contributed by atoms with Crippen molar-refractivity contribution in [2.75, 3.05) is 19.1 Å². The first-order chi connectivity index (χ1) is 10.0. The Kier molecular flexibility index (Phi) is 4.70. The fraction of sp³-hybridized carbons (Fsp3) is 0.188. The highest BCUT2D eigenvalue weighted by molar-refractivity contribution is 6.34. The summed E-state index contributed by atoms with van der Waals surface area (Å²) in [4.78, 5) is 13.2. The molecule has 0 amide bonds. The van der Waals surface area contributed by atoms with E-state index in [2.05, 4.69) is 0 Å². The molecule has 0 radical (unpaired) electrons. The van der Waals surface area contributed by atoms with E-state index in [0.29, 0.717) is 12.2 Å². The molecule has 5 heteroatoms. The number of benzene rings is 2. The Morgan fingerprint density at radius 2 is 2.00 bits per heavy atom. The van der Waals surface area contributed by atoms with Gasteiger partial charge in [0.25, 0.3) is 0 Å². The predicted octanol–water partition coefficient (Wildman–Crippen LogP) is 3.68. The zero-order chi connectivity index (χ0) is 15.4. The molecule has 2 aromatic rings. The van der Waals surface area contributed by atoms with Crippen molar-refractivity contribution in [2.45, 2.75) is 6.54 Å². The molecule has 21 heavy (non-hydrogen) atoms. The van der Waals surface area contributed by atoms with E-state index >= 15 is 0 Å². The van der Waals surface area contributed by atoms with Crippen LogP contribution in [0.15, 0.2) is 42.5 Å². The first-order valence-corrected chi connectivity index (χ1v) is 6.76. The second kappa shape index (κ2) is 6.50. The van der Waals surface area contributed by atoms with E-state index in [0.717, 1.165) is 11.3 Å². The van der Waals surface area contributed by atoms with Gasteiger partial charge in [0.2, 0.25) is 0 Å². The van der Waals surface area contributed by atoms with Crippen LogP contribution in [0.25, 0.3) is 0 Å². The fourth-order valence-electron chi connectivity index (χ4n) is 2.17. The van der Waals surface area contributed by atoms with Gasteiger partial charge in [-0.2, -0.15) is 0 Å². The summed E-state index contributed by atoms with van der Waals surface area (Å²) in [5.41, 5.74) is 1.72. The molecule has 0 aliphatic carbocycles. The van der Waals surface area contributed by atoms with Gasteiger partial charge in [-0.05, 0) is 29.8 Å². The van der Waals surface area contributed by atoms with Gasteiger partial charge in [-0.25, -0.2) is 4.79 Å². The van der Waals surface area contributed by atoms with Gasteiger partial charge < -0.3 is 14.7 Å². The number of rotatable bonds is 5. The Morgan fingerprint density at radius 1 is 1.29 bits per heavy atom. The highest BCUT2D eigenvalue weighted by Gasteiger charge is 2.17. The Morgan fingerprint density at radius 3 is 2.67 bits per heavy atom. The molecule has 0 fully saturated rings. The average Bonchev–Trinajstić information content (AvgIpc) is 2.46. The van der Waals surface area contributed by atoms with Crippen molar-refractivity contribution in [3.8, 4) is 5.75 Å². The van der Waals surface area contributed by atoms with Gasteiger partial charge in [-0.1, -0.05) is 29.8 Å². The molecule has 4 nitrogen and oxygen atoms in total. The highest BCUT2D eigenvalue weighted by Crippen LogP contribution is 2.28. The van der Waals surface area contributed by atoms with Crippen molar-refractivity contribution in [1.29, 1.82) is 0 Å². The van der Waals surface area contributed by atoms with Crippen LogP contribution in [0.5, 0.6) is 5.75 Å². The molecule has 0 spiro atoms. The summed E-state index contributed by atoms with van der Waals surface area (Å²) >= 11 is 5.99. The largest absolute Gasteiger partial charge is 0.497 e. The molecule has 2 rings (SSSR count). The minimum absolute atomic E-state index is 0.115. The summed E-state index contributed by atoms with van der Waals surface area (Å²) in [6, 6.07) is 12.7. The summed E-state index contributed by atoms with van der Waals surface area (Å²) < 4.78 is 5.19. The molecule has 0 saturated carbocycles. The van der Waals surface area contributed by atoms with Crippen LogP contribution in [0.2, 0.25) is 5.02 Å². The van der Waals surface area contributed by atoms with Gasteiger partial charge in [0.15, 0.2) is 0 Å². The molecule has 0 unspecified atom stereocenters. The lowest BCUT2D eigenvalue weighted by Gasteiger charge is -2.22. The van der Waals surface area contributed by atoms with Crippen molar-refractivity contribution >= 4 is 23.3 Å². The number of carboxylic acids is 1. The summed E-state index contributed by atoms with van der Waals surface area (Å²) in [5, 5.41) is 9.55. The zero-order valence-corrected chi connectivity index (χ0v) is 12.6. The standard InChI is InChI=1S/C16H16ClNO3/c1-18(10-11-5-3-6-12(9-11)21-2)14-8-4-7-13(17)15(14)16(19)20/h3-9H,10H2,1-2H3,(H,19,20). The lowest BCUT2D eigenvalue weighted by atomic mass is 10.1. The van der Waals surface area contributed by atoms with Crippen LogP contribution in [0.3, 0.4) is 0 Å². The molecule has 0 aliphatic rings. The number of hydrogen-bond acceptors (Lipinski definition) is 3. The molecule has 2 aromatic carbocycles. The third kappa shape index (κ3) is 3.47. The Labute approximate surface area is 128 Å². The molecule has 0 aliphatic heterocycles. The highest BCUT2D eigenvalue weighted by atomic mass is 35.5. The van der Waals surface area contributed by atoms with Crippen LogP contribution in [0.4, 0.5) is 5.69 Å². The lowest BCUT2D eigenvalue weighted by Crippen LogP contribution is -2.19. The van der Waals surface area contributed by atoms with Gasteiger partial charge in [0.1, 0.15) is 11.3 Å². The Bertz CT molecular complexity index is 658. The van der Waals surface area contributed by atoms with E-state index in [1.807, 2.05) is 36.2 Å². The van der Waals surface area contributed by atoms with Crippen molar-refractivity contribution in [1.82, 2.24) is 0 Å². The first kappa shape index (κ1) is 15.2. The van der Waals surface area contributed by atoms with Crippen molar-refractivity contribution in [3.05, 3.63) is 58.6 Å². The molecular formula is C16H16ClNO3. The van der Waals surface area contributed by atoms with Gasteiger partial charge in [-0.15, -0.1) is 0 Å². The molecule has 1 N–H and O–H groups in total. The average molecular weight is 306 g/mol. The maximum atomic E-state index is 11.4. The van der Waals surface area contributed by atoms with Crippen LogP contribution in [0.1, 0.15) is 15.9 Å². The number of ether oxygens (including phenoxy) is 1. The van der Waals surface area contributed by atoms with Crippen molar-refractivity contribution in [2.24, 2.45) is 0 Å². The Balaban J connectivity index is 2.30. The maximum absolute atomic E-state index is 11.4. The van der Waals surface area contributed by atoms with E-state index in [1.165, 1.54) is 0 Å². The van der Waals surface area contributed by atoms with E-state index < -0.39 is 5.97 Å². The fourth-order valence-corrected chi connectivity index (χ4v) is 2.42. The first-order valence-electron chi connectivity index (χ1n) is 6.39. The van der Waals surface area contributed by atoms with Crippen molar-refractivity contribution < 1.29 is 14.6 Å². The van der Waals surface area contributed by atoms with E-state index in [-0.39, 0.29) is 10.6 Å². The second-order valence-electron chi connectivity index (χ2n) is 4.65. The monoisotopic (exact) mass is 305 g/mol.